The number of aromatic nitrogens is 2. The largest absolute Gasteiger partial charge is 0.497 e. The molecule has 0 radical (unpaired) electrons. The van der Waals surface area contributed by atoms with E-state index in [0.29, 0.717) is 13.1 Å². The summed E-state index contributed by atoms with van der Waals surface area (Å²) in [4.78, 5) is 58.5. The summed E-state index contributed by atoms with van der Waals surface area (Å²) in [6, 6.07) is 11.9. The monoisotopic (exact) mass is 656 g/mol. The van der Waals surface area contributed by atoms with Gasteiger partial charge in [-0.2, -0.15) is 0 Å². The lowest BCUT2D eigenvalue weighted by Gasteiger charge is -2.18. The van der Waals surface area contributed by atoms with Crippen LogP contribution in [0.1, 0.15) is 37.8 Å². The lowest BCUT2D eigenvalue weighted by molar-refractivity contribution is -0.170. The van der Waals surface area contributed by atoms with Crippen molar-refractivity contribution in [1.82, 2.24) is 20.6 Å². The maximum Gasteiger partial charge on any atom is 0.336 e. The Morgan fingerprint density at radius 2 is 1.09 bits per heavy atom. The quantitative estimate of drug-likeness (QED) is 0.104. The van der Waals surface area contributed by atoms with Gasteiger partial charge in [0.05, 0.1) is 27.1 Å². The molecule has 0 bridgehead atoms. The Kier molecular flexibility index (Phi) is 14.2. The number of aliphatic carboxylic acids is 3. The van der Waals surface area contributed by atoms with Gasteiger partial charge in [0.1, 0.15) is 11.5 Å². The number of carboxylic acids is 3. The van der Waals surface area contributed by atoms with Gasteiger partial charge in [-0.05, 0) is 60.4 Å². The van der Waals surface area contributed by atoms with Crippen molar-refractivity contribution in [2.24, 2.45) is 0 Å². The van der Waals surface area contributed by atoms with Gasteiger partial charge < -0.3 is 50.5 Å². The van der Waals surface area contributed by atoms with E-state index in [1.54, 1.807) is 14.2 Å². The first-order valence-corrected chi connectivity index (χ1v) is 14.3. The molecule has 0 aliphatic carbocycles. The lowest BCUT2D eigenvalue weighted by atomic mass is 9.96. The fourth-order valence-electron chi connectivity index (χ4n) is 4.44. The Morgan fingerprint density at radius 3 is 1.38 bits per heavy atom. The molecular weight excluding hydrogens is 616 g/mol. The molecule has 0 saturated carbocycles. The van der Waals surface area contributed by atoms with Crippen molar-refractivity contribution in [2.75, 3.05) is 27.3 Å². The number of H-pyrrole nitrogens is 2. The number of aromatic amines is 2. The third-order valence-corrected chi connectivity index (χ3v) is 6.77. The number of ether oxygens (including phenoxy) is 2. The molecule has 2 aromatic heterocycles. The van der Waals surface area contributed by atoms with Crippen LogP contribution >= 0.6 is 0 Å². The number of carbonyl (C=O) groups is 5. The van der Waals surface area contributed by atoms with Crippen molar-refractivity contribution in [3.05, 3.63) is 59.9 Å². The molecular formula is C32H40N4O11. The number of aliphatic hydroxyl groups is 1. The first kappa shape index (κ1) is 37.6. The normalized spacial score (nSPS) is 10.6. The minimum absolute atomic E-state index is 0.00224. The molecule has 0 unspecified atom stereocenters. The summed E-state index contributed by atoms with van der Waals surface area (Å²) in [6.07, 6.45) is 3.29. The maximum absolute atomic E-state index is 10.8. The van der Waals surface area contributed by atoms with E-state index in [4.69, 9.17) is 29.9 Å². The first-order chi connectivity index (χ1) is 22.2. The highest BCUT2D eigenvalue weighted by molar-refractivity contribution is 5.88. The van der Waals surface area contributed by atoms with E-state index in [0.717, 1.165) is 46.1 Å². The standard InChI is InChI=1S/2C13H16N2O2.C6H8O7/c2*1-9(16)14-6-5-10-8-15-13-4-3-11(17-2)7-12(10)13;7-3(8)1-6(13,5(11)12)2-4(9)10/h2*3-4,7-8,15H,5-6H2,1-2H3,(H,14,16);13H,1-2H2,(H,7,8)(H,9,10)(H,11,12). The fourth-order valence-corrected chi connectivity index (χ4v) is 4.44. The van der Waals surface area contributed by atoms with E-state index >= 15 is 0 Å². The van der Waals surface area contributed by atoms with Crippen molar-refractivity contribution in [2.45, 2.75) is 45.1 Å². The molecule has 4 rings (SSSR count). The average Bonchev–Trinajstić information content (AvgIpc) is 3.59. The van der Waals surface area contributed by atoms with E-state index in [1.165, 1.54) is 25.0 Å². The Hall–Kier alpha value is -5.57. The minimum atomic E-state index is -2.74. The molecule has 0 spiro atoms. The number of carboxylic acid groups (broad SMARTS) is 3. The maximum atomic E-state index is 10.8. The molecule has 254 valence electrons. The third kappa shape index (κ3) is 12.0. The molecule has 47 heavy (non-hydrogen) atoms. The van der Waals surface area contributed by atoms with Crippen LogP contribution in [-0.2, 0) is 36.8 Å². The summed E-state index contributed by atoms with van der Waals surface area (Å²) in [6.45, 7) is 4.36. The van der Waals surface area contributed by atoms with Crippen LogP contribution in [0.15, 0.2) is 48.8 Å². The Labute approximate surface area is 269 Å². The molecule has 0 atom stereocenters. The van der Waals surface area contributed by atoms with Gasteiger partial charge in [0, 0.05) is 61.1 Å². The second-order valence-corrected chi connectivity index (χ2v) is 10.4. The van der Waals surface area contributed by atoms with Gasteiger partial charge in [-0.3, -0.25) is 19.2 Å². The second-order valence-electron chi connectivity index (χ2n) is 10.4. The fraction of sp³-hybridized carbons (Fsp3) is 0.344. The number of methoxy groups -OCH3 is 2. The highest BCUT2D eigenvalue weighted by Gasteiger charge is 2.40. The van der Waals surface area contributed by atoms with Crippen molar-refractivity contribution >= 4 is 51.5 Å². The number of hydrogen-bond donors (Lipinski definition) is 8. The Morgan fingerprint density at radius 1 is 0.702 bits per heavy atom. The average molecular weight is 657 g/mol. The van der Waals surface area contributed by atoms with Gasteiger partial charge in [0.25, 0.3) is 0 Å². The predicted octanol–water partition coefficient (Wildman–Crippen LogP) is 2.46. The van der Waals surface area contributed by atoms with Crippen LogP contribution in [0, 0.1) is 0 Å². The van der Waals surface area contributed by atoms with Crippen molar-refractivity contribution in [3.63, 3.8) is 0 Å². The van der Waals surface area contributed by atoms with Gasteiger partial charge >= 0.3 is 17.9 Å². The van der Waals surface area contributed by atoms with E-state index in [9.17, 15) is 24.0 Å². The molecule has 15 heteroatoms. The number of rotatable bonds is 13. The van der Waals surface area contributed by atoms with Gasteiger partial charge in [0.2, 0.25) is 11.8 Å². The topological polar surface area (TPSA) is 240 Å². The van der Waals surface area contributed by atoms with Gasteiger partial charge in [-0.25, -0.2) is 4.79 Å². The van der Waals surface area contributed by atoms with E-state index in [-0.39, 0.29) is 11.8 Å². The van der Waals surface area contributed by atoms with Crippen LogP contribution in [0.25, 0.3) is 21.8 Å². The lowest BCUT2D eigenvalue weighted by Crippen LogP contribution is -2.42. The highest BCUT2D eigenvalue weighted by Crippen LogP contribution is 2.25. The number of benzene rings is 2. The number of fused-ring (bicyclic) bond motifs is 2. The number of hydrogen-bond acceptors (Lipinski definition) is 8. The predicted molar refractivity (Wildman–Crippen MR) is 172 cm³/mol. The molecule has 2 aromatic carbocycles. The minimum Gasteiger partial charge on any atom is -0.497 e. The van der Waals surface area contributed by atoms with E-state index in [1.807, 2.05) is 48.8 Å². The molecule has 0 aliphatic rings. The molecule has 0 saturated heterocycles. The summed E-state index contributed by atoms with van der Waals surface area (Å²) in [5.74, 6) is -3.32. The number of carbonyl (C=O) groups excluding carboxylic acids is 2. The molecule has 0 aliphatic heterocycles. The molecule has 15 nitrogen and oxygen atoms in total. The van der Waals surface area contributed by atoms with Crippen LogP contribution < -0.4 is 20.1 Å². The zero-order valence-electron chi connectivity index (χ0n) is 26.5. The molecule has 2 amide bonds. The van der Waals surface area contributed by atoms with Gasteiger partial charge in [-0.15, -0.1) is 0 Å². The molecule has 8 N–H and O–H groups in total. The Balaban J connectivity index is 0.000000248. The summed E-state index contributed by atoms with van der Waals surface area (Å²) >= 11 is 0. The van der Waals surface area contributed by atoms with Crippen LogP contribution in [0.3, 0.4) is 0 Å². The zero-order valence-corrected chi connectivity index (χ0v) is 26.5. The van der Waals surface area contributed by atoms with Gasteiger partial charge in [0.15, 0.2) is 5.60 Å². The van der Waals surface area contributed by atoms with Crippen LogP contribution in [0.5, 0.6) is 11.5 Å². The SMILES string of the molecule is COc1ccc2[nH]cc(CCNC(C)=O)c2c1.COc1ccc2[nH]cc(CCNC(C)=O)c2c1.O=C(O)CC(O)(CC(=O)O)C(=O)O. The summed E-state index contributed by atoms with van der Waals surface area (Å²) < 4.78 is 10.4. The Bertz CT molecular complexity index is 1580. The molecule has 0 fully saturated rings. The zero-order chi connectivity index (χ0) is 35.1. The van der Waals surface area contributed by atoms with Crippen molar-refractivity contribution in [1.29, 1.82) is 0 Å². The van der Waals surface area contributed by atoms with Crippen LogP contribution in [-0.4, -0.2) is 93.0 Å². The van der Waals surface area contributed by atoms with Crippen molar-refractivity contribution < 1.29 is 53.9 Å². The molecule has 2 heterocycles. The number of nitrogens with one attached hydrogen (secondary N) is 4. The number of amides is 2. The molecule has 4 aromatic rings. The van der Waals surface area contributed by atoms with Crippen molar-refractivity contribution in [3.8, 4) is 11.5 Å². The van der Waals surface area contributed by atoms with E-state index < -0.39 is 36.4 Å². The summed E-state index contributed by atoms with van der Waals surface area (Å²) in [5.41, 5.74) is 1.81. The summed E-state index contributed by atoms with van der Waals surface area (Å²) in [7, 11) is 3.32. The summed E-state index contributed by atoms with van der Waals surface area (Å²) in [5, 5.41) is 41.7. The first-order valence-electron chi connectivity index (χ1n) is 14.3. The third-order valence-electron chi connectivity index (χ3n) is 6.77. The van der Waals surface area contributed by atoms with E-state index in [2.05, 4.69) is 20.6 Å². The van der Waals surface area contributed by atoms with Crippen LogP contribution in [0.4, 0.5) is 0 Å². The van der Waals surface area contributed by atoms with Gasteiger partial charge in [-0.1, -0.05) is 0 Å². The second kappa shape index (κ2) is 17.8. The smallest absolute Gasteiger partial charge is 0.336 e. The highest BCUT2D eigenvalue weighted by atomic mass is 16.5. The van der Waals surface area contributed by atoms with Crippen LogP contribution in [0.2, 0.25) is 0 Å².